The van der Waals surface area contributed by atoms with Crippen molar-refractivity contribution in [3.8, 4) is 0 Å². The molecule has 0 radical (unpaired) electrons. The number of carboxylic acids is 1. The molecule has 98 valence electrons. The number of amides is 1. The average Bonchev–Trinajstić information content (AvgIpc) is 2.28. The lowest BCUT2D eigenvalue weighted by atomic mass is 10.2. The fourth-order valence-electron chi connectivity index (χ4n) is 1.13. The number of carboxylic acid groups (broad SMARTS) is 1. The second-order valence-electron chi connectivity index (χ2n) is 3.44. The van der Waals surface area contributed by atoms with Gasteiger partial charge >= 0.3 is 5.97 Å². The number of nitrogens with one attached hydrogen (secondary N) is 1. The van der Waals surface area contributed by atoms with Gasteiger partial charge in [0, 0.05) is 10.5 Å². The van der Waals surface area contributed by atoms with Crippen molar-refractivity contribution in [1.29, 1.82) is 0 Å². The Kier molecular flexibility index (Phi) is 5.08. The molecule has 7 heteroatoms. The molecule has 2 N–H and O–H groups in total. The molecule has 4 nitrogen and oxygen atoms in total. The first-order valence-corrected chi connectivity index (χ1v) is 5.86. The van der Waals surface area contributed by atoms with Crippen molar-refractivity contribution in [2.24, 2.45) is 0 Å². The zero-order valence-electron chi connectivity index (χ0n) is 9.39. The summed E-state index contributed by atoms with van der Waals surface area (Å²) in [5.74, 6) is -4.22. The molecule has 1 atom stereocenters. The molecule has 1 amide bonds. The largest absolute Gasteiger partial charge is 0.480 e. The Bertz CT molecular complexity index is 436. The molecular formula is C11H11F2NO3S. The van der Waals surface area contributed by atoms with E-state index in [9.17, 15) is 18.4 Å². The fourth-order valence-corrected chi connectivity index (χ4v) is 1.63. The molecule has 0 fully saturated rings. The minimum absolute atomic E-state index is 0.224. The van der Waals surface area contributed by atoms with E-state index in [1.54, 1.807) is 0 Å². The number of benzene rings is 1. The quantitative estimate of drug-likeness (QED) is 0.808. The molecule has 0 aliphatic heterocycles. The summed E-state index contributed by atoms with van der Waals surface area (Å²) in [5, 5.41) is 10.9. The van der Waals surface area contributed by atoms with Crippen LogP contribution in [0.3, 0.4) is 0 Å². The standard InChI is InChI=1S/C11H11F2NO3S/c1-6(10(16)17)14-9(15)7-2-4-8(5-3-7)18-11(12)13/h2-6,11H,1H3,(H,14,15)(H,16,17)/t6-/m1/s1. The molecule has 0 saturated carbocycles. The first-order valence-electron chi connectivity index (χ1n) is 4.98. The Balaban J connectivity index is 2.67. The summed E-state index contributed by atoms with van der Waals surface area (Å²) in [6, 6.07) is 4.50. The molecule has 1 aromatic carbocycles. The normalized spacial score (nSPS) is 12.2. The molecule has 0 aromatic heterocycles. The fraction of sp³-hybridized carbons (Fsp3) is 0.273. The van der Waals surface area contributed by atoms with Crippen molar-refractivity contribution in [3.63, 3.8) is 0 Å². The van der Waals surface area contributed by atoms with E-state index in [4.69, 9.17) is 5.11 Å². The van der Waals surface area contributed by atoms with E-state index in [-0.39, 0.29) is 5.56 Å². The van der Waals surface area contributed by atoms with Crippen LogP contribution in [0.1, 0.15) is 17.3 Å². The van der Waals surface area contributed by atoms with Crippen molar-refractivity contribution in [3.05, 3.63) is 29.8 Å². The summed E-state index contributed by atoms with van der Waals surface area (Å²) in [7, 11) is 0. The topological polar surface area (TPSA) is 66.4 Å². The smallest absolute Gasteiger partial charge is 0.325 e. The average molecular weight is 275 g/mol. The van der Waals surface area contributed by atoms with Crippen LogP contribution in [0.2, 0.25) is 0 Å². The SMILES string of the molecule is C[C@@H](NC(=O)c1ccc(SC(F)F)cc1)C(=O)O. The van der Waals surface area contributed by atoms with E-state index in [2.05, 4.69) is 5.32 Å². The van der Waals surface area contributed by atoms with Gasteiger partial charge in [0.25, 0.3) is 11.7 Å². The predicted molar refractivity (Wildman–Crippen MR) is 62.9 cm³/mol. The van der Waals surface area contributed by atoms with E-state index >= 15 is 0 Å². The molecule has 0 aliphatic carbocycles. The summed E-state index contributed by atoms with van der Waals surface area (Å²) in [6.45, 7) is 1.33. The highest BCUT2D eigenvalue weighted by Gasteiger charge is 2.15. The van der Waals surface area contributed by atoms with Crippen LogP contribution < -0.4 is 5.32 Å². The van der Waals surface area contributed by atoms with Crippen molar-refractivity contribution in [1.82, 2.24) is 5.32 Å². The Morgan fingerprint density at radius 3 is 2.28 bits per heavy atom. The van der Waals surface area contributed by atoms with E-state index in [0.29, 0.717) is 16.7 Å². The van der Waals surface area contributed by atoms with Crippen LogP contribution in [0, 0.1) is 0 Å². The number of rotatable bonds is 5. The summed E-state index contributed by atoms with van der Waals surface area (Å²) in [4.78, 5) is 22.4. The number of halogens is 2. The van der Waals surface area contributed by atoms with Crippen LogP contribution in [-0.2, 0) is 4.79 Å². The first kappa shape index (κ1) is 14.4. The van der Waals surface area contributed by atoms with Gasteiger partial charge in [-0.05, 0) is 31.2 Å². The van der Waals surface area contributed by atoms with Gasteiger partial charge in [-0.2, -0.15) is 8.78 Å². The van der Waals surface area contributed by atoms with Crippen molar-refractivity contribution in [2.45, 2.75) is 23.6 Å². The van der Waals surface area contributed by atoms with E-state index in [1.165, 1.54) is 31.2 Å². The third-order valence-corrected chi connectivity index (χ3v) is 2.78. The zero-order valence-corrected chi connectivity index (χ0v) is 10.2. The summed E-state index contributed by atoms with van der Waals surface area (Å²) >= 11 is 0.378. The summed E-state index contributed by atoms with van der Waals surface area (Å²) < 4.78 is 24.1. The minimum atomic E-state index is -2.52. The Morgan fingerprint density at radius 2 is 1.83 bits per heavy atom. The lowest BCUT2D eigenvalue weighted by molar-refractivity contribution is -0.138. The monoisotopic (exact) mass is 275 g/mol. The number of hydrogen-bond donors (Lipinski definition) is 2. The molecule has 0 saturated heterocycles. The third-order valence-electron chi connectivity index (χ3n) is 2.06. The third kappa shape index (κ3) is 4.33. The minimum Gasteiger partial charge on any atom is -0.480 e. The van der Waals surface area contributed by atoms with Gasteiger partial charge < -0.3 is 10.4 Å². The number of carbonyl (C=O) groups excluding carboxylic acids is 1. The van der Waals surface area contributed by atoms with Gasteiger partial charge in [0.2, 0.25) is 0 Å². The van der Waals surface area contributed by atoms with Crippen molar-refractivity contribution >= 4 is 23.6 Å². The predicted octanol–water partition coefficient (Wildman–Crippen LogP) is 2.20. The van der Waals surface area contributed by atoms with Crippen molar-refractivity contribution < 1.29 is 23.5 Å². The van der Waals surface area contributed by atoms with E-state index < -0.39 is 23.7 Å². The number of alkyl halides is 2. The molecule has 0 unspecified atom stereocenters. The summed E-state index contributed by atoms with van der Waals surface area (Å²) in [6.07, 6.45) is 0. The number of carbonyl (C=O) groups is 2. The van der Waals surface area contributed by atoms with Crippen LogP contribution in [0.5, 0.6) is 0 Å². The number of thioether (sulfide) groups is 1. The van der Waals surface area contributed by atoms with Gasteiger partial charge in [-0.25, -0.2) is 0 Å². The first-order chi connectivity index (χ1) is 8.40. The molecule has 0 aliphatic rings. The maximum atomic E-state index is 12.1. The van der Waals surface area contributed by atoms with Gasteiger partial charge in [-0.15, -0.1) is 0 Å². The molecule has 0 heterocycles. The molecule has 0 bridgehead atoms. The van der Waals surface area contributed by atoms with Crippen LogP contribution in [0.25, 0.3) is 0 Å². The Morgan fingerprint density at radius 1 is 1.28 bits per heavy atom. The van der Waals surface area contributed by atoms with Crippen LogP contribution in [0.4, 0.5) is 8.78 Å². The summed E-state index contributed by atoms with van der Waals surface area (Å²) in [5.41, 5.74) is 0.224. The van der Waals surface area contributed by atoms with Crippen LogP contribution in [0.15, 0.2) is 29.2 Å². The van der Waals surface area contributed by atoms with E-state index in [1.807, 2.05) is 0 Å². The highest BCUT2D eigenvalue weighted by Crippen LogP contribution is 2.25. The Hall–Kier alpha value is -1.63. The van der Waals surface area contributed by atoms with Gasteiger partial charge in [0.1, 0.15) is 6.04 Å². The highest BCUT2D eigenvalue weighted by atomic mass is 32.2. The molecule has 18 heavy (non-hydrogen) atoms. The Labute approximate surface area is 106 Å². The lowest BCUT2D eigenvalue weighted by Crippen LogP contribution is -2.38. The van der Waals surface area contributed by atoms with Gasteiger partial charge in [0.15, 0.2) is 0 Å². The maximum Gasteiger partial charge on any atom is 0.325 e. The van der Waals surface area contributed by atoms with E-state index in [0.717, 1.165) is 0 Å². The molecule has 1 aromatic rings. The van der Waals surface area contributed by atoms with Crippen LogP contribution >= 0.6 is 11.8 Å². The van der Waals surface area contributed by atoms with Gasteiger partial charge in [0.05, 0.1) is 0 Å². The molecule has 0 spiro atoms. The maximum absolute atomic E-state index is 12.1. The van der Waals surface area contributed by atoms with Crippen LogP contribution in [-0.4, -0.2) is 28.8 Å². The number of hydrogen-bond acceptors (Lipinski definition) is 3. The van der Waals surface area contributed by atoms with Gasteiger partial charge in [-0.1, -0.05) is 11.8 Å². The zero-order chi connectivity index (χ0) is 13.7. The second-order valence-corrected chi connectivity index (χ2v) is 4.50. The van der Waals surface area contributed by atoms with Gasteiger partial charge in [-0.3, -0.25) is 9.59 Å². The second kappa shape index (κ2) is 6.34. The lowest BCUT2D eigenvalue weighted by Gasteiger charge is -2.09. The molecular weight excluding hydrogens is 264 g/mol. The highest BCUT2D eigenvalue weighted by molar-refractivity contribution is 7.99. The number of aliphatic carboxylic acids is 1. The molecule has 1 rings (SSSR count). The van der Waals surface area contributed by atoms with Crippen molar-refractivity contribution in [2.75, 3.05) is 0 Å².